The van der Waals surface area contributed by atoms with Crippen LogP contribution in [0, 0.1) is 5.92 Å². The zero-order valence-corrected chi connectivity index (χ0v) is 24.5. The second-order valence-electron chi connectivity index (χ2n) is 10.0. The van der Waals surface area contributed by atoms with E-state index in [9.17, 15) is 13.6 Å². The Morgan fingerprint density at radius 3 is 2.54 bits per heavy atom. The largest absolute Gasteiger partial charge is 0.489 e. The van der Waals surface area contributed by atoms with Crippen LogP contribution in [0.5, 0.6) is 11.5 Å². The summed E-state index contributed by atoms with van der Waals surface area (Å²) in [5, 5.41) is 0.193. The molecule has 2 aromatic carbocycles. The number of hydrogen-bond acceptors (Lipinski definition) is 7. The van der Waals surface area contributed by atoms with E-state index in [-0.39, 0.29) is 23.9 Å². The third-order valence-corrected chi connectivity index (χ3v) is 8.92. The summed E-state index contributed by atoms with van der Waals surface area (Å²) >= 11 is 14.4. The number of halogens is 4. The molecule has 2 unspecified atom stereocenters. The molecule has 1 aromatic heterocycles. The lowest BCUT2D eigenvalue weighted by atomic mass is 10.0. The van der Waals surface area contributed by atoms with Gasteiger partial charge < -0.3 is 14.2 Å². The van der Waals surface area contributed by atoms with Crippen LogP contribution < -0.4 is 9.47 Å². The van der Waals surface area contributed by atoms with E-state index in [1.807, 2.05) is 18.2 Å². The first kappa shape index (κ1) is 29.9. The number of rotatable bonds is 13. The van der Waals surface area contributed by atoms with Crippen LogP contribution in [0.15, 0.2) is 60.9 Å². The van der Waals surface area contributed by atoms with Crippen molar-refractivity contribution < 1.29 is 27.8 Å². The molecule has 1 saturated heterocycles. The summed E-state index contributed by atoms with van der Waals surface area (Å²) in [5.74, 6) is 0.901. The molecule has 6 nitrogen and oxygen atoms in total. The first-order valence-electron chi connectivity index (χ1n) is 13.5. The Bertz CT molecular complexity index is 1310. The molecule has 218 valence electrons. The monoisotopic (exact) mass is 622 g/mol. The molecule has 1 aliphatic carbocycles. The fourth-order valence-electron chi connectivity index (χ4n) is 4.64. The quantitative estimate of drug-likeness (QED) is 0.186. The number of alkyl halides is 2. The molecule has 2 atom stereocenters. The van der Waals surface area contributed by atoms with Crippen LogP contribution in [0.1, 0.15) is 35.6 Å². The summed E-state index contributed by atoms with van der Waals surface area (Å²) in [6.45, 7) is -1.14. The Morgan fingerprint density at radius 1 is 1.07 bits per heavy atom. The number of benzene rings is 2. The third-order valence-electron chi connectivity index (χ3n) is 7.05. The number of nitrogens with zero attached hydrogens (tertiary/aromatic N) is 2. The molecular formula is C30H30Cl2F2N2O4S. The van der Waals surface area contributed by atoms with E-state index in [2.05, 4.69) is 22.0 Å². The highest BCUT2D eigenvalue weighted by atomic mass is 35.5. The van der Waals surface area contributed by atoms with Gasteiger partial charge in [-0.1, -0.05) is 59.6 Å². The van der Waals surface area contributed by atoms with Gasteiger partial charge in [-0.25, -0.2) is 4.79 Å². The van der Waals surface area contributed by atoms with Gasteiger partial charge >= 0.3 is 12.6 Å². The Balaban J connectivity index is 1.38. The molecule has 2 aliphatic rings. The minimum atomic E-state index is -3.01. The van der Waals surface area contributed by atoms with Crippen molar-refractivity contribution in [3.05, 3.63) is 87.7 Å². The van der Waals surface area contributed by atoms with Crippen LogP contribution >= 0.6 is 35.0 Å². The van der Waals surface area contributed by atoms with Gasteiger partial charge in [0, 0.05) is 37.7 Å². The average Bonchev–Trinajstić information content (AvgIpc) is 3.67. The SMILES string of the molecule is O=C(OC(Cc1c(Cl)cncc1Cl)c1ccc(OC(F)F)c(OCC2CC2)c1)C1SCCN1CCc1ccccc1. The zero-order chi connectivity index (χ0) is 28.8. The molecule has 1 saturated carbocycles. The van der Waals surface area contributed by atoms with Crippen molar-refractivity contribution in [3.8, 4) is 11.5 Å². The smallest absolute Gasteiger partial charge is 0.387 e. The maximum absolute atomic E-state index is 13.6. The minimum absolute atomic E-state index is 0.0760. The molecule has 1 aliphatic heterocycles. The summed E-state index contributed by atoms with van der Waals surface area (Å²) < 4.78 is 42.9. The van der Waals surface area contributed by atoms with Crippen LogP contribution in [0.2, 0.25) is 10.0 Å². The third kappa shape index (κ3) is 8.25. The number of thioether (sulfide) groups is 1. The lowest BCUT2D eigenvalue weighted by molar-refractivity contribution is -0.152. The van der Waals surface area contributed by atoms with Crippen LogP contribution in [-0.4, -0.2) is 53.3 Å². The first-order chi connectivity index (χ1) is 19.9. The Hall–Kier alpha value is -2.59. The molecule has 0 N–H and O–H groups in total. The van der Waals surface area contributed by atoms with Gasteiger partial charge in [0.2, 0.25) is 0 Å². The number of carbonyl (C=O) groups excluding carboxylic acids is 1. The molecule has 11 heteroatoms. The minimum Gasteiger partial charge on any atom is -0.489 e. The van der Waals surface area contributed by atoms with Gasteiger partial charge in [-0.15, -0.1) is 11.8 Å². The van der Waals surface area contributed by atoms with Gasteiger partial charge in [0.1, 0.15) is 6.10 Å². The Morgan fingerprint density at radius 2 is 1.83 bits per heavy atom. The number of esters is 1. The van der Waals surface area contributed by atoms with E-state index in [1.165, 1.54) is 35.8 Å². The fourth-order valence-corrected chi connectivity index (χ4v) is 6.33. The molecule has 0 spiro atoms. The van der Waals surface area contributed by atoms with Gasteiger partial charge in [0.05, 0.1) is 16.7 Å². The number of hydrogen-bond donors (Lipinski definition) is 0. The summed E-state index contributed by atoms with van der Waals surface area (Å²) in [6.07, 6.45) is 5.16. The van der Waals surface area contributed by atoms with E-state index in [0.717, 1.165) is 31.6 Å². The number of ether oxygens (including phenoxy) is 3. The van der Waals surface area contributed by atoms with Crippen molar-refractivity contribution in [1.82, 2.24) is 9.88 Å². The Kier molecular flexibility index (Phi) is 10.2. The van der Waals surface area contributed by atoms with E-state index in [1.54, 1.807) is 12.1 Å². The predicted molar refractivity (Wildman–Crippen MR) is 156 cm³/mol. The highest BCUT2D eigenvalue weighted by molar-refractivity contribution is 8.00. The second kappa shape index (κ2) is 14.1. The van der Waals surface area contributed by atoms with Gasteiger partial charge in [-0.2, -0.15) is 8.78 Å². The highest BCUT2D eigenvalue weighted by Crippen LogP contribution is 2.38. The van der Waals surface area contributed by atoms with Crippen molar-refractivity contribution >= 4 is 40.9 Å². The van der Waals surface area contributed by atoms with Gasteiger partial charge in [0.15, 0.2) is 16.9 Å². The number of carbonyl (C=O) groups is 1. The number of aromatic nitrogens is 1. The molecule has 5 rings (SSSR count). The van der Waals surface area contributed by atoms with Crippen LogP contribution in [0.4, 0.5) is 8.78 Å². The molecule has 3 aromatic rings. The summed E-state index contributed by atoms with van der Waals surface area (Å²) in [6, 6.07) is 14.7. The summed E-state index contributed by atoms with van der Waals surface area (Å²) in [4.78, 5) is 19.7. The highest BCUT2D eigenvalue weighted by Gasteiger charge is 2.35. The van der Waals surface area contributed by atoms with Crippen molar-refractivity contribution in [2.75, 3.05) is 25.4 Å². The van der Waals surface area contributed by atoms with Crippen molar-refractivity contribution in [1.29, 1.82) is 0 Å². The normalized spacial score (nSPS) is 17.9. The Labute approximate surface area is 252 Å². The van der Waals surface area contributed by atoms with Gasteiger partial charge in [-0.05, 0) is 54.0 Å². The van der Waals surface area contributed by atoms with Crippen molar-refractivity contribution in [2.24, 2.45) is 5.92 Å². The van der Waals surface area contributed by atoms with Crippen molar-refractivity contribution in [2.45, 2.75) is 43.8 Å². The number of pyridine rings is 1. The lowest BCUT2D eigenvalue weighted by Gasteiger charge is -2.26. The van der Waals surface area contributed by atoms with E-state index >= 15 is 0 Å². The standard InChI is InChI=1S/C30H30Cl2F2N2O4S/c31-23-16-35-17-24(32)22(23)15-26(21-8-9-25(40-30(33)34)27(14-21)38-18-20-6-7-20)39-29(37)28-36(12-13-41-28)11-10-19-4-2-1-3-5-19/h1-5,8-9,14,16-17,20,26,28,30H,6-7,10-13,15,18H2. The maximum Gasteiger partial charge on any atom is 0.387 e. The van der Waals surface area contributed by atoms with Crippen molar-refractivity contribution in [3.63, 3.8) is 0 Å². The van der Waals surface area contributed by atoms with Crippen LogP contribution in [0.3, 0.4) is 0 Å². The molecule has 0 radical (unpaired) electrons. The first-order valence-corrected chi connectivity index (χ1v) is 15.3. The summed E-state index contributed by atoms with van der Waals surface area (Å²) in [5.41, 5.74) is 2.31. The fraction of sp³-hybridized carbons (Fsp3) is 0.400. The molecule has 0 bridgehead atoms. The molecule has 0 amide bonds. The van der Waals surface area contributed by atoms with E-state index in [4.69, 9.17) is 37.4 Å². The zero-order valence-electron chi connectivity index (χ0n) is 22.2. The van der Waals surface area contributed by atoms with Gasteiger partial charge in [-0.3, -0.25) is 9.88 Å². The maximum atomic E-state index is 13.6. The topological polar surface area (TPSA) is 60.9 Å². The van der Waals surface area contributed by atoms with Gasteiger partial charge in [0.25, 0.3) is 0 Å². The summed E-state index contributed by atoms with van der Waals surface area (Å²) in [7, 11) is 0. The molecule has 2 fully saturated rings. The molecular weight excluding hydrogens is 593 g/mol. The molecule has 41 heavy (non-hydrogen) atoms. The second-order valence-corrected chi connectivity index (χ2v) is 12.0. The van der Waals surface area contributed by atoms with Crippen LogP contribution in [-0.2, 0) is 22.4 Å². The van der Waals surface area contributed by atoms with E-state index < -0.39 is 18.1 Å². The van der Waals surface area contributed by atoms with Crippen LogP contribution in [0.25, 0.3) is 0 Å². The lowest BCUT2D eigenvalue weighted by Crippen LogP contribution is -2.38. The molecule has 2 heterocycles. The predicted octanol–water partition coefficient (Wildman–Crippen LogP) is 7.22. The van der Waals surface area contributed by atoms with E-state index in [0.29, 0.717) is 40.2 Å². The average molecular weight is 624 g/mol.